The summed E-state index contributed by atoms with van der Waals surface area (Å²) in [5, 5.41) is 4.99. The van der Waals surface area contributed by atoms with Crippen LogP contribution in [0.5, 0.6) is 0 Å². The lowest BCUT2D eigenvalue weighted by Crippen LogP contribution is -2.39. The lowest BCUT2D eigenvalue weighted by Gasteiger charge is -2.31. The Labute approximate surface area is 138 Å². The third-order valence-corrected chi connectivity index (χ3v) is 4.49. The molecule has 0 bridgehead atoms. The normalized spacial score (nSPS) is 18.5. The van der Waals surface area contributed by atoms with Crippen LogP contribution in [0, 0.1) is 0 Å². The van der Waals surface area contributed by atoms with Gasteiger partial charge in [-0.25, -0.2) is 9.50 Å². The van der Waals surface area contributed by atoms with E-state index in [0.29, 0.717) is 17.3 Å². The van der Waals surface area contributed by atoms with Crippen molar-refractivity contribution in [2.24, 2.45) is 0 Å². The van der Waals surface area contributed by atoms with Gasteiger partial charge in [-0.1, -0.05) is 11.6 Å². The number of hydrogen-bond donors (Lipinski definition) is 1. The summed E-state index contributed by atoms with van der Waals surface area (Å²) < 4.78 is 1.67. The van der Waals surface area contributed by atoms with Gasteiger partial charge in [0.25, 0.3) is 5.91 Å². The molecule has 1 amide bonds. The molecule has 4 heterocycles. The molecular weight excluding hydrogens is 314 g/mol. The lowest BCUT2D eigenvalue weighted by molar-refractivity contribution is 0.0698. The molecule has 1 N–H and O–H groups in total. The van der Waals surface area contributed by atoms with Gasteiger partial charge in [0.2, 0.25) is 0 Å². The van der Waals surface area contributed by atoms with Gasteiger partial charge in [-0.3, -0.25) is 4.79 Å². The Kier molecular flexibility index (Phi) is 3.53. The molecule has 118 valence electrons. The molecule has 23 heavy (non-hydrogen) atoms. The van der Waals surface area contributed by atoms with Crippen LogP contribution in [-0.2, 0) is 0 Å². The highest BCUT2D eigenvalue weighted by molar-refractivity contribution is 6.30. The number of nitrogens with one attached hydrogen (secondary N) is 1. The van der Waals surface area contributed by atoms with Crippen LogP contribution in [0.25, 0.3) is 5.52 Å². The Morgan fingerprint density at radius 3 is 3.13 bits per heavy atom. The van der Waals surface area contributed by atoms with Crippen molar-refractivity contribution in [2.45, 2.75) is 18.8 Å². The van der Waals surface area contributed by atoms with Crippen molar-refractivity contribution in [3.63, 3.8) is 0 Å². The predicted molar refractivity (Wildman–Crippen MR) is 86.7 cm³/mol. The molecule has 0 aliphatic carbocycles. The van der Waals surface area contributed by atoms with Crippen LogP contribution in [0.4, 0.5) is 0 Å². The average Bonchev–Trinajstić information content (AvgIpc) is 3.23. The summed E-state index contributed by atoms with van der Waals surface area (Å²) in [6, 6.07) is 5.33. The number of aromatic amines is 1. The maximum absolute atomic E-state index is 12.8. The van der Waals surface area contributed by atoms with Gasteiger partial charge in [-0.15, -0.1) is 0 Å². The van der Waals surface area contributed by atoms with Gasteiger partial charge >= 0.3 is 0 Å². The average molecular weight is 330 g/mol. The zero-order chi connectivity index (χ0) is 15.8. The van der Waals surface area contributed by atoms with E-state index in [2.05, 4.69) is 15.1 Å². The quantitative estimate of drug-likeness (QED) is 0.786. The number of hydrogen-bond acceptors (Lipinski definition) is 3. The molecular formula is C16H16ClN5O. The lowest BCUT2D eigenvalue weighted by atomic mass is 9.97. The van der Waals surface area contributed by atoms with E-state index in [4.69, 9.17) is 11.6 Å². The zero-order valence-electron chi connectivity index (χ0n) is 12.4. The second kappa shape index (κ2) is 5.70. The number of fused-ring (bicyclic) bond motifs is 1. The van der Waals surface area contributed by atoms with Crippen LogP contribution < -0.4 is 0 Å². The van der Waals surface area contributed by atoms with Gasteiger partial charge < -0.3 is 9.88 Å². The van der Waals surface area contributed by atoms with Gasteiger partial charge in [-0.2, -0.15) is 5.10 Å². The number of nitrogens with zero attached hydrogens (tertiary/aromatic N) is 4. The van der Waals surface area contributed by atoms with E-state index >= 15 is 0 Å². The number of H-pyrrole nitrogens is 1. The number of aromatic nitrogens is 4. The van der Waals surface area contributed by atoms with E-state index in [0.717, 1.165) is 30.7 Å². The van der Waals surface area contributed by atoms with E-state index in [-0.39, 0.29) is 11.8 Å². The van der Waals surface area contributed by atoms with Crippen LogP contribution in [0.2, 0.25) is 5.02 Å². The van der Waals surface area contributed by atoms with Gasteiger partial charge in [0.1, 0.15) is 5.82 Å². The summed E-state index contributed by atoms with van der Waals surface area (Å²) in [5.41, 5.74) is 1.27. The molecule has 1 unspecified atom stereocenters. The molecule has 1 aliphatic heterocycles. The van der Waals surface area contributed by atoms with Gasteiger partial charge in [-0.05, 0) is 31.0 Å². The van der Waals surface area contributed by atoms with Crippen LogP contribution in [0.3, 0.4) is 0 Å². The molecule has 3 aromatic heterocycles. The van der Waals surface area contributed by atoms with E-state index < -0.39 is 0 Å². The van der Waals surface area contributed by atoms with Crippen molar-refractivity contribution >= 4 is 23.0 Å². The first-order valence-electron chi connectivity index (χ1n) is 7.64. The minimum Gasteiger partial charge on any atom is -0.348 e. The Balaban J connectivity index is 1.57. The molecule has 4 rings (SSSR count). The van der Waals surface area contributed by atoms with Gasteiger partial charge in [0, 0.05) is 42.6 Å². The Morgan fingerprint density at radius 2 is 2.30 bits per heavy atom. The van der Waals surface area contributed by atoms with Gasteiger partial charge in [0.15, 0.2) is 5.69 Å². The third kappa shape index (κ3) is 2.70. The molecule has 7 heteroatoms. The molecule has 1 fully saturated rings. The summed E-state index contributed by atoms with van der Waals surface area (Å²) in [7, 11) is 0. The molecule has 6 nitrogen and oxygen atoms in total. The maximum Gasteiger partial charge on any atom is 0.274 e. The van der Waals surface area contributed by atoms with Crippen LogP contribution in [-0.4, -0.2) is 43.5 Å². The van der Waals surface area contributed by atoms with E-state index in [1.807, 2.05) is 11.1 Å². The molecule has 0 radical (unpaired) electrons. The minimum atomic E-state index is -0.0407. The number of imidazole rings is 1. The smallest absolute Gasteiger partial charge is 0.274 e. The fourth-order valence-corrected chi connectivity index (χ4v) is 3.29. The number of halogens is 1. The molecule has 1 atom stereocenters. The summed E-state index contributed by atoms with van der Waals surface area (Å²) in [6.45, 7) is 1.42. The number of amides is 1. The fraction of sp³-hybridized carbons (Fsp3) is 0.312. The number of rotatable bonds is 2. The number of carbonyl (C=O) groups is 1. The highest BCUT2D eigenvalue weighted by Crippen LogP contribution is 2.25. The summed E-state index contributed by atoms with van der Waals surface area (Å²) >= 11 is 5.99. The van der Waals surface area contributed by atoms with Crippen LogP contribution in [0.1, 0.15) is 35.1 Å². The standard InChI is InChI=1S/C16H16ClN5O/c17-12-3-7-22-13(8-12)9-14(20-22)16(23)21-6-1-2-11(10-21)15-18-4-5-19-15/h3-5,7-9,11H,1-2,6,10H2,(H,18,19). The maximum atomic E-state index is 12.8. The second-order valence-electron chi connectivity index (χ2n) is 5.81. The van der Waals surface area contributed by atoms with Crippen molar-refractivity contribution in [2.75, 3.05) is 13.1 Å². The molecule has 1 aliphatic rings. The molecule has 3 aromatic rings. The summed E-state index contributed by atoms with van der Waals surface area (Å²) in [5.74, 6) is 1.17. The third-order valence-electron chi connectivity index (χ3n) is 4.26. The van der Waals surface area contributed by atoms with Crippen LogP contribution >= 0.6 is 11.6 Å². The number of pyridine rings is 1. The summed E-state index contributed by atoms with van der Waals surface area (Å²) in [6.07, 6.45) is 7.34. The molecule has 0 spiro atoms. The van der Waals surface area contributed by atoms with Crippen molar-refractivity contribution in [1.29, 1.82) is 0 Å². The van der Waals surface area contributed by atoms with Crippen molar-refractivity contribution < 1.29 is 4.79 Å². The molecule has 0 aromatic carbocycles. The van der Waals surface area contributed by atoms with Crippen molar-refractivity contribution in [3.8, 4) is 0 Å². The van der Waals surface area contributed by atoms with Crippen LogP contribution in [0.15, 0.2) is 36.8 Å². The topological polar surface area (TPSA) is 66.3 Å². The van der Waals surface area contributed by atoms with E-state index in [1.165, 1.54) is 0 Å². The van der Waals surface area contributed by atoms with E-state index in [1.54, 1.807) is 35.1 Å². The van der Waals surface area contributed by atoms with E-state index in [9.17, 15) is 4.79 Å². The first-order chi connectivity index (χ1) is 11.2. The monoisotopic (exact) mass is 329 g/mol. The first kappa shape index (κ1) is 14.3. The highest BCUT2D eigenvalue weighted by atomic mass is 35.5. The highest BCUT2D eigenvalue weighted by Gasteiger charge is 2.28. The SMILES string of the molecule is O=C(c1cc2cc(Cl)ccn2n1)N1CCCC(c2ncc[nH]2)C1. The fourth-order valence-electron chi connectivity index (χ4n) is 3.12. The minimum absolute atomic E-state index is 0.0407. The Morgan fingerprint density at radius 1 is 1.39 bits per heavy atom. The first-order valence-corrected chi connectivity index (χ1v) is 8.02. The molecule has 1 saturated heterocycles. The Bertz CT molecular complexity index is 841. The molecule has 0 saturated carbocycles. The number of carbonyl (C=O) groups excluding carboxylic acids is 1. The van der Waals surface area contributed by atoms with Gasteiger partial charge in [0.05, 0.1) is 5.52 Å². The number of piperidine rings is 1. The second-order valence-corrected chi connectivity index (χ2v) is 6.25. The number of likely N-dealkylation sites (tertiary alicyclic amines) is 1. The largest absolute Gasteiger partial charge is 0.348 e. The Hall–Kier alpha value is -2.34. The predicted octanol–water partition coefficient (Wildman–Crippen LogP) is 2.73. The summed E-state index contributed by atoms with van der Waals surface area (Å²) in [4.78, 5) is 22.1. The zero-order valence-corrected chi connectivity index (χ0v) is 13.2. The van der Waals surface area contributed by atoms with Crippen molar-refractivity contribution in [1.82, 2.24) is 24.5 Å². The van der Waals surface area contributed by atoms with Crippen molar-refractivity contribution in [3.05, 3.63) is 53.3 Å².